The number of nitrogen functional groups attached to an aromatic ring is 1. The topological polar surface area (TPSA) is 63.9 Å². The Morgan fingerprint density at radius 1 is 1.15 bits per heavy atom. The first-order chi connectivity index (χ1) is 9.61. The number of aromatic nitrogens is 2. The van der Waals surface area contributed by atoms with Gasteiger partial charge in [-0.05, 0) is 41.8 Å². The van der Waals surface area contributed by atoms with Crippen molar-refractivity contribution in [2.75, 3.05) is 5.73 Å². The molecule has 0 saturated carbocycles. The summed E-state index contributed by atoms with van der Waals surface area (Å²) in [5, 5.41) is 0. The van der Waals surface area contributed by atoms with Gasteiger partial charge in [-0.1, -0.05) is 26.0 Å². The molecule has 0 spiro atoms. The highest BCUT2D eigenvalue weighted by molar-refractivity contribution is 5.79. The second-order valence-electron chi connectivity index (χ2n) is 5.15. The maximum Gasteiger partial charge on any atom is 0.300 e. The van der Waals surface area contributed by atoms with Crippen LogP contribution in [0, 0.1) is 0 Å². The minimum absolute atomic E-state index is 0.467. The van der Waals surface area contributed by atoms with Crippen molar-refractivity contribution in [1.29, 1.82) is 0 Å². The average Bonchev–Trinajstić information content (AvgIpc) is 2.80. The standard InChI is InChI=1S/C16H17N3O/c1-10(2)11-4-3-5-13(8-11)20-16-18-14-7-6-12(17)9-15(14)19-16/h3-10H,17H2,1-2H3,(H,18,19). The van der Waals surface area contributed by atoms with Crippen molar-refractivity contribution in [3.8, 4) is 11.8 Å². The highest BCUT2D eigenvalue weighted by atomic mass is 16.5. The molecule has 0 saturated heterocycles. The summed E-state index contributed by atoms with van der Waals surface area (Å²) in [7, 11) is 0. The predicted octanol–water partition coefficient (Wildman–Crippen LogP) is 4.06. The van der Waals surface area contributed by atoms with Crippen LogP contribution in [-0.4, -0.2) is 9.97 Å². The number of benzene rings is 2. The predicted molar refractivity (Wildman–Crippen MR) is 81.1 cm³/mol. The van der Waals surface area contributed by atoms with Gasteiger partial charge in [-0.3, -0.25) is 0 Å². The molecule has 0 aliphatic rings. The molecule has 0 bridgehead atoms. The van der Waals surface area contributed by atoms with E-state index in [9.17, 15) is 0 Å². The molecular formula is C16H17N3O. The number of ether oxygens (including phenoxy) is 1. The third-order valence-corrected chi connectivity index (χ3v) is 3.22. The summed E-state index contributed by atoms with van der Waals surface area (Å²) in [5.41, 5.74) is 9.41. The van der Waals surface area contributed by atoms with Crippen molar-refractivity contribution in [1.82, 2.24) is 9.97 Å². The monoisotopic (exact) mass is 267 g/mol. The Bertz CT molecular complexity index is 746. The van der Waals surface area contributed by atoms with Crippen LogP contribution in [0.25, 0.3) is 11.0 Å². The fraction of sp³-hybridized carbons (Fsp3) is 0.188. The fourth-order valence-electron chi connectivity index (χ4n) is 2.10. The zero-order chi connectivity index (χ0) is 14.1. The van der Waals surface area contributed by atoms with Gasteiger partial charge in [0.05, 0.1) is 11.0 Å². The number of fused-ring (bicyclic) bond motifs is 1. The van der Waals surface area contributed by atoms with E-state index in [-0.39, 0.29) is 0 Å². The Kier molecular flexibility index (Phi) is 3.06. The molecule has 1 heterocycles. The lowest BCUT2D eigenvalue weighted by molar-refractivity contribution is 0.448. The zero-order valence-electron chi connectivity index (χ0n) is 11.6. The Hall–Kier alpha value is -2.49. The molecule has 0 radical (unpaired) electrons. The van der Waals surface area contributed by atoms with Crippen LogP contribution >= 0.6 is 0 Å². The normalized spacial score (nSPS) is 11.2. The third kappa shape index (κ3) is 2.45. The van der Waals surface area contributed by atoms with Gasteiger partial charge in [-0.15, -0.1) is 0 Å². The number of hydrogen-bond acceptors (Lipinski definition) is 3. The number of nitrogens with two attached hydrogens (primary N) is 1. The summed E-state index contributed by atoms with van der Waals surface area (Å²) in [4.78, 5) is 7.51. The molecule has 3 aromatic rings. The maximum absolute atomic E-state index is 5.79. The molecular weight excluding hydrogens is 250 g/mol. The molecule has 2 aromatic carbocycles. The number of rotatable bonds is 3. The summed E-state index contributed by atoms with van der Waals surface area (Å²) in [5.74, 6) is 1.25. The Morgan fingerprint density at radius 3 is 2.80 bits per heavy atom. The lowest BCUT2D eigenvalue weighted by Crippen LogP contribution is -1.90. The van der Waals surface area contributed by atoms with Crippen molar-refractivity contribution in [3.05, 3.63) is 48.0 Å². The van der Waals surface area contributed by atoms with Gasteiger partial charge < -0.3 is 15.5 Å². The van der Waals surface area contributed by atoms with Gasteiger partial charge in [0.25, 0.3) is 6.01 Å². The molecule has 102 valence electrons. The Morgan fingerprint density at radius 2 is 2.00 bits per heavy atom. The minimum atomic E-state index is 0.467. The molecule has 20 heavy (non-hydrogen) atoms. The number of nitrogens with one attached hydrogen (secondary N) is 1. The number of anilines is 1. The van der Waals surface area contributed by atoms with E-state index in [4.69, 9.17) is 10.5 Å². The van der Waals surface area contributed by atoms with Crippen LogP contribution in [0.1, 0.15) is 25.3 Å². The second kappa shape index (κ2) is 4.89. The second-order valence-corrected chi connectivity index (χ2v) is 5.15. The lowest BCUT2D eigenvalue weighted by atomic mass is 10.0. The van der Waals surface area contributed by atoms with Crippen LogP contribution in [0.4, 0.5) is 5.69 Å². The molecule has 0 amide bonds. The SMILES string of the molecule is CC(C)c1cccc(Oc2nc3ccc(N)cc3[nH]2)c1. The first-order valence-corrected chi connectivity index (χ1v) is 6.65. The van der Waals surface area contributed by atoms with Gasteiger partial charge in [0.1, 0.15) is 5.75 Å². The summed E-state index contributed by atoms with van der Waals surface area (Å²) in [6.07, 6.45) is 0. The van der Waals surface area contributed by atoms with Crippen LogP contribution in [0.15, 0.2) is 42.5 Å². The molecule has 0 atom stereocenters. The summed E-state index contributed by atoms with van der Waals surface area (Å²) >= 11 is 0. The van der Waals surface area contributed by atoms with E-state index in [2.05, 4.69) is 29.9 Å². The lowest BCUT2D eigenvalue weighted by Gasteiger charge is -2.07. The van der Waals surface area contributed by atoms with Gasteiger partial charge in [0.15, 0.2) is 0 Å². The molecule has 0 unspecified atom stereocenters. The maximum atomic E-state index is 5.79. The van der Waals surface area contributed by atoms with Crippen molar-refractivity contribution in [3.63, 3.8) is 0 Å². The number of H-pyrrole nitrogens is 1. The van der Waals surface area contributed by atoms with Gasteiger partial charge in [-0.25, -0.2) is 0 Å². The van der Waals surface area contributed by atoms with Crippen molar-refractivity contribution in [2.24, 2.45) is 0 Å². The molecule has 0 fully saturated rings. The van der Waals surface area contributed by atoms with Gasteiger partial charge >= 0.3 is 0 Å². The number of nitrogens with zero attached hydrogens (tertiary/aromatic N) is 1. The van der Waals surface area contributed by atoms with E-state index < -0.39 is 0 Å². The highest BCUT2D eigenvalue weighted by Crippen LogP contribution is 2.25. The van der Waals surface area contributed by atoms with E-state index in [1.165, 1.54) is 5.56 Å². The molecule has 0 aliphatic carbocycles. The van der Waals surface area contributed by atoms with Crippen LogP contribution in [0.2, 0.25) is 0 Å². The fourth-order valence-corrected chi connectivity index (χ4v) is 2.10. The third-order valence-electron chi connectivity index (χ3n) is 3.22. The molecule has 0 aliphatic heterocycles. The Labute approximate surface area is 117 Å². The van der Waals surface area contributed by atoms with E-state index in [1.54, 1.807) is 0 Å². The first-order valence-electron chi connectivity index (χ1n) is 6.65. The molecule has 3 N–H and O–H groups in total. The Balaban J connectivity index is 1.90. The summed E-state index contributed by atoms with van der Waals surface area (Å²) in [6, 6.07) is 14.1. The average molecular weight is 267 g/mol. The minimum Gasteiger partial charge on any atom is -0.426 e. The van der Waals surface area contributed by atoms with E-state index >= 15 is 0 Å². The number of aromatic amines is 1. The number of imidazole rings is 1. The van der Waals surface area contributed by atoms with E-state index in [0.717, 1.165) is 16.8 Å². The number of hydrogen-bond donors (Lipinski definition) is 2. The highest BCUT2D eigenvalue weighted by Gasteiger charge is 2.06. The smallest absolute Gasteiger partial charge is 0.300 e. The quantitative estimate of drug-likeness (QED) is 0.703. The zero-order valence-corrected chi connectivity index (χ0v) is 11.6. The van der Waals surface area contributed by atoms with Gasteiger partial charge in [-0.2, -0.15) is 4.98 Å². The molecule has 4 nitrogen and oxygen atoms in total. The van der Waals surface area contributed by atoms with Gasteiger partial charge in [0.2, 0.25) is 0 Å². The largest absolute Gasteiger partial charge is 0.426 e. The molecule has 4 heteroatoms. The van der Waals surface area contributed by atoms with Crippen LogP contribution < -0.4 is 10.5 Å². The first kappa shape index (κ1) is 12.5. The van der Waals surface area contributed by atoms with Crippen molar-refractivity contribution >= 4 is 16.7 Å². The van der Waals surface area contributed by atoms with Crippen molar-refractivity contribution < 1.29 is 4.74 Å². The summed E-state index contributed by atoms with van der Waals surface area (Å²) < 4.78 is 5.79. The molecule has 1 aromatic heterocycles. The van der Waals surface area contributed by atoms with E-state index in [1.807, 2.05) is 36.4 Å². The van der Waals surface area contributed by atoms with E-state index in [0.29, 0.717) is 17.6 Å². The van der Waals surface area contributed by atoms with Crippen LogP contribution in [0.5, 0.6) is 11.8 Å². The summed E-state index contributed by atoms with van der Waals surface area (Å²) in [6.45, 7) is 4.31. The molecule has 3 rings (SSSR count). The van der Waals surface area contributed by atoms with Crippen LogP contribution in [0.3, 0.4) is 0 Å². The van der Waals surface area contributed by atoms with Crippen molar-refractivity contribution in [2.45, 2.75) is 19.8 Å². The van der Waals surface area contributed by atoms with Crippen LogP contribution in [-0.2, 0) is 0 Å². The van der Waals surface area contributed by atoms with Gasteiger partial charge in [0, 0.05) is 5.69 Å².